The van der Waals surface area contributed by atoms with E-state index in [-0.39, 0.29) is 5.97 Å². The molecule has 2 N–H and O–H groups in total. The standard InChI is InChI=1S/C11H20N2O2/c12-9-2-4-10(5-3-9)13-6-1-7-15-11(14)8-13/h9-10H,1-8,12H2. The van der Waals surface area contributed by atoms with Crippen LogP contribution in [0, 0.1) is 0 Å². The first-order chi connectivity index (χ1) is 7.25. The van der Waals surface area contributed by atoms with E-state index in [0.29, 0.717) is 25.2 Å². The van der Waals surface area contributed by atoms with Gasteiger partial charge in [-0.2, -0.15) is 0 Å². The highest BCUT2D eigenvalue weighted by Gasteiger charge is 2.27. The van der Waals surface area contributed by atoms with Crippen molar-refractivity contribution in [3.63, 3.8) is 0 Å². The van der Waals surface area contributed by atoms with E-state index in [9.17, 15) is 4.79 Å². The number of ether oxygens (including phenoxy) is 1. The zero-order valence-electron chi connectivity index (χ0n) is 9.15. The summed E-state index contributed by atoms with van der Waals surface area (Å²) in [6, 6.07) is 0.927. The molecular formula is C11H20N2O2. The number of hydrogen-bond donors (Lipinski definition) is 1. The monoisotopic (exact) mass is 212 g/mol. The van der Waals surface area contributed by atoms with Crippen molar-refractivity contribution in [3.05, 3.63) is 0 Å². The highest BCUT2D eigenvalue weighted by atomic mass is 16.5. The predicted molar refractivity (Wildman–Crippen MR) is 57.4 cm³/mol. The van der Waals surface area contributed by atoms with E-state index in [1.807, 2.05) is 0 Å². The predicted octanol–water partition coefficient (Wildman–Crippen LogP) is 0.505. The maximum absolute atomic E-state index is 11.3. The number of esters is 1. The number of carbonyl (C=O) groups excluding carboxylic acids is 1. The lowest BCUT2D eigenvalue weighted by atomic mass is 9.90. The quantitative estimate of drug-likeness (QED) is 0.643. The molecule has 0 amide bonds. The van der Waals surface area contributed by atoms with Crippen molar-refractivity contribution in [3.8, 4) is 0 Å². The molecule has 0 aromatic rings. The van der Waals surface area contributed by atoms with Crippen LogP contribution in [-0.2, 0) is 9.53 Å². The second-order valence-corrected chi connectivity index (χ2v) is 4.61. The van der Waals surface area contributed by atoms with Crippen molar-refractivity contribution in [1.29, 1.82) is 0 Å². The Balaban J connectivity index is 1.88. The molecule has 0 aromatic heterocycles. The van der Waals surface area contributed by atoms with E-state index in [0.717, 1.165) is 38.6 Å². The molecule has 2 fully saturated rings. The molecular weight excluding hydrogens is 192 g/mol. The number of carbonyl (C=O) groups is 1. The third kappa shape index (κ3) is 2.92. The van der Waals surface area contributed by atoms with Gasteiger partial charge in [-0.15, -0.1) is 0 Å². The summed E-state index contributed by atoms with van der Waals surface area (Å²) in [6.07, 6.45) is 5.42. The Kier molecular flexibility index (Phi) is 3.59. The van der Waals surface area contributed by atoms with Gasteiger partial charge in [0.15, 0.2) is 0 Å². The van der Waals surface area contributed by atoms with Gasteiger partial charge in [-0.25, -0.2) is 0 Å². The molecule has 2 aliphatic rings. The molecule has 15 heavy (non-hydrogen) atoms. The number of rotatable bonds is 1. The lowest BCUT2D eigenvalue weighted by Gasteiger charge is -2.34. The minimum absolute atomic E-state index is 0.0672. The van der Waals surface area contributed by atoms with Crippen LogP contribution in [-0.4, -0.2) is 42.6 Å². The second-order valence-electron chi connectivity index (χ2n) is 4.61. The molecule has 1 saturated heterocycles. The summed E-state index contributed by atoms with van der Waals surface area (Å²) in [6.45, 7) is 2.05. The Morgan fingerprint density at radius 3 is 2.73 bits per heavy atom. The first-order valence-electron chi connectivity index (χ1n) is 5.91. The topological polar surface area (TPSA) is 55.6 Å². The third-order valence-electron chi connectivity index (χ3n) is 3.44. The largest absolute Gasteiger partial charge is 0.465 e. The Labute approximate surface area is 90.8 Å². The summed E-state index contributed by atoms with van der Waals surface area (Å²) >= 11 is 0. The zero-order chi connectivity index (χ0) is 10.7. The van der Waals surface area contributed by atoms with E-state index >= 15 is 0 Å². The molecule has 0 radical (unpaired) electrons. The van der Waals surface area contributed by atoms with E-state index in [4.69, 9.17) is 10.5 Å². The van der Waals surface area contributed by atoms with Crippen molar-refractivity contribution < 1.29 is 9.53 Å². The van der Waals surface area contributed by atoms with Gasteiger partial charge in [0.1, 0.15) is 0 Å². The molecule has 0 bridgehead atoms. The average molecular weight is 212 g/mol. The molecule has 1 saturated carbocycles. The van der Waals surface area contributed by atoms with Gasteiger partial charge in [0.05, 0.1) is 13.2 Å². The van der Waals surface area contributed by atoms with Crippen LogP contribution in [0.1, 0.15) is 32.1 Å². The molecule has 4 nitrogen and oxygen atoms in total. The van der Waals surface area contributed by atoms with Crippen molar-refractivity contribution in [2.75, 3.05) is 19.7 Å². The maximum atomic E-state index is 11.3. The van der Waals surface area contributed by atoms with E-state index in [2.05, 4.69) is 4.90 Å². The molecule has 86 valence electrons. The van der Waals surface area contributed by atoms with Crippen LogP contribution in [0.5, 0.6) is 0 Å². The number of hydrogen-bond acceptors (Lipinski definition) is 4. The van der Waals surface area contributed by atoms with Gasteiger partial charge >= 0.3 is 5.97 Å². The lowest BCUT2D eigenvalue weighted by molar-refractivity contribution is -0.143. The van der Waals surface area contributed by atoms with Crippen molar-refractivity contribution in [2.45, 2.75) is 44.2 Å². The fourth-order valence-electron chi connectivity index (χ4n) is 2.52. The molecule has 0 spiro atoms. The Morgan fingerprint density at radius 1 is 1.27 bits per heavy atom. The van der Waals surface area contributed by atoms with Crippen LogP contribution in [0.3, 0.4) is 0 Å². The summed E-state index contributed by atoms with van der Waals surface area (Å²) in [5.74, 6) is -0.0672. The van der Waals surface area contributed by atoms with Gasteiger partial charge in [0.25, 0.3) is 0 Å². The summed E-state index contributed by atoms with van der Waals surface area (Å²) in [4.78, 5) is 13.6. The van der Waals surface area contributed by atoms with Gasteiger partial charge in [-0.3, -0.25) is 9.69 Å². The Morgan fingerprint density at radius 2 is 2.00 bits per heavy atom. The summed E-state index contributed by atoms with van der Waals surface area (Å²) in [7, 11) is 0. The fourth-order valence-corrected chi connectivity index (χ4v) is 2.52. The molecule has 2 rings (SSSR count). The van der Waals surface area contributed by atoms with Gasteiger partial charge in [0, 0.05) is 18.6 Å². The average Bonchev–Trinajstić information content (AvgIpc) is 2.44. The molecule has 4 heteroatoms. The van der Waals surface area contributed by atoms with Crippen molar-refractivity contribution in [2.24, 2.45) is 5.73 Å². The summed E-state index contributed by atoms with van der Waals surface area (Å²) < 4.78 is 5.04. The smallest absolute Gasteiger partial charge is 0.320 e. The highest BCUT2D eigenvalue weighted by molar-refractivity contribution is 5.71. The third-order valence-corrected chi connectivity index (χ3v) is 3.44. The first kappa shape index (κ1) is 10.9. The molecule has 1 aliphatic heterocycles. The van der Waals surface area contributed by atoms with Gasteiger partial charge in [-0.1, -0.05) is 0 Å². The minimum atomic E-state index is -0.0672. The molecule has 0 atom stereocenters. The van der Waals surface area contributed by atoms with Gasteiger partial charge < -0.3 is 10.5 Å². The van der Waals surface area contributed by atoms with Gasteiger partial charge in [-0.05, 0) is 32.1 Å². The summed E-state index contributed by atoms with van der Waals surface area (Å²) in [5, 5.41) is 0. The second kappa shape index (κ2) is 4.94. The van der Waals surface area contributed by atoms with Crippen molar-refractivity contribution in [1.82, 2.24) is 4.90 Å². The number of nitrogens with two attached hydrogens (primary N) is 1. The summed E-state index contributed by atoms with van der Waals surface area (Å²) in [5.41, 5.74) is 5.87. The number of cyclic esters (lactones) is 1. The zero-order valence-corrected chi connectivity index (χ0v) is 9.15. The Hall–Kier alpha value is -0.610. The van der Waals surface area contributed by atoms with Crippen LogP contribution >= 0.6 is 0 Å². The normalized spacial score (nSPS) is 34.6. The minimum Gasteiger partial charge on any atom is -0.465 e. The molecule has 0 aromatic carbocycles. The van der Waals surface area contributed by atoms with Gasteiger partial charge in [0.2, 0.25) is 0 Å². The SMILES string of the molecule is NC1CCC(N2CCCOC(=O)C2)CC1. The fraction of sp³-hybridized carbons (Fsp3) is 0.909. The van der Waals surface area contributed by atoms with E-state index in [1.54, 1.807) is 0 Å². The van der Waals surface area contributed by atoms with Crippen LogP contribution in [0.15, 0.2) is 0 Å². The Bertz CT molecular complexity index is 225. The van der Waals surface area contributed by atoms with Crippen LogP contribution < -0.4 is 5.73 Å². The number of nitrogens with zero attached hydrogens (tertiary/aromatic N) is 1. The van der Waals surface area contributed by atoms with Crippen LogP contribution in [0.25, 0.3) is 0 Å². The van der Waals surface area contributed by atoms with Crippen LogP contribution in [0.4, 0.5) is 0 Å². The van der Waals surface area contributed by atoms with Crippen molar-refractivity contribution >= 4 is 5.97 Å². The van der Waals surface area contributed by atoms with E-state index < -0.39 is 0 Å². The molecule has 0 unspecified atom stereocenters. The first-order valence-corrected chi connectivity index (χ1v) is 5.91. The molecule has 1 aliphatic carbocycles. The lowest BCUT2D eigenvalue weighted by Crippen LogP contribution is -2.42. The van der Waals surface area contributed by atoms with Crippen LogP contribution in [0.2, 0.25) is 0 Å². The maximum Gasteiger partial charge on any atom is 0.320 e. The highest BCUT2D eigenvalue weighted by Crippen LogP contribution is 2.22. The molecule has 1 heterocycles. The van der Waals surface area contributed by atoms with E-state index in [1.165, 1.54) is 0 Å².